The Balaban J connectivity index is 2.17. The Morgan fingerprint density at radius 3 is 2.60 bits per heavy atom. The average molecular weight is 336 g/mol. The Hall–Kier alpha value is -1.29. The predicted molar refractivity (Wildman–Crippen MR) is 88.1 cm³/mol. The predicted octanol–water partition coefficient (Wildman–Crippen LogP) is 4.40. The highest BCUT2D eigenvalue weighted by Gasteiger charge is 2.21. The molecule has 0 radical (unpaired) electrons. The van der Waals surface area contributed by atoms with Crippen molar-refractivity contribution in [2.75, 3.05) is 5.32 Å². The summed E-state index contributed by atoms with van der Waals surface area (Å²) in [4.78, 5) is 0. The third kappa shape index (κ3) is 3.42. The van der Waals surface area contributed by atoms with Gasteiger partial charge in [0.05, 0.1) is 5.69 Å². The van der Waals surface area contributed by atoms with Gasteiger partial charge in [-0.3, -0.25) is 4.68 Å². The molecule has 0 bridgehead atoms. The molecule has 20 heavy (non-hydrogen) atoms. The van der Waals surface area contributed by atoms with E-state index in [-0.39, 0.29) is 5.41 Å². The van der Waals surface area contributed by atoms with E-state index in [4.69, 9.17) is 0 Å². The third-order valence-corrected chi connectivity index (χ3v) is 4.15. The molecule has 0 amide bonds. The molecule has 0 saturated carbocycles. The van der Waals surface area contributed by atoms with Gasteiger partial charge in [-0.25, -0.2) is 0 Å². The molecule has 3 nitrogen and oxygen atoms in total. The molecule has 0 unspecified atom stereocenters. The van der Waals surface area contributed by atoms with Crippen molar-refractivity contribution in [2.45, 2.75) is 39.7 Å². The highest BCUT2D eigenvalue weighted by Crippen LogP contribution is 2.25. The molecular formula is C16H22BrN3. The zero-order valence-electron chi connectivity index (χ0n) is 12.8. The van der Waals surface area contributed by atoms with Crippen LogP contribution in [0.5, 0.6) is 0 Å². The number of aromatic nitrogens is 2. The van der Waals surface area contributed by atoms with Crippen molar-refractivity contribution in [3.63, 3.8) is 0 Å². The van der Waals surface area contributed by atoms with Gasteiger partial charge in [-0.2, -0.15) is 5.10 Å². The van der Waals surface area contributed by atoms with Crippen molar-refractivity contribution < 1.29 is 0 Å². The first-order valence-electron chi connectivity index (χ1n) is 6.80. The minimum absolute atomic E-state index is 0.0634. The normalized spacial score (nSPS) is 11.7. The molecule has 108 valence electrons. The van der Waals surface area contributed by atoms with E-state index in [9.17, 15) is 0 Å². The van der Waals surface area contributed by atoms with E-state index in [2.05, 4.69) is 78.4 Å². The minimum Gasteiger partial charge on any atom is -0.381 e. The van der Waals surface area contributed by atoms with Crippen molar-refractivity contribution in [2.24, 2.45) is 7.05 Å². The SMILES string of the molecule is Cc1cc(NCc2cn(C)nc2C(C)(C)C)ccc1Br. The maximum absolute atomic E-state index is 4.60. The largest absolute Gasteiger partial charge is 0.381 e. The first-order valence-corrected chi connectivity index (χ1v) is 7.59. The zero-order valence-corrected chi connectivity index (χ0v) is 14.4. The summed E-state index contributed by atoms with van der Waals surface area (Å²) in [6.45, 7) is 9.48. The Labute approximate surface area is 129 Å². The van der Waals surface area contributed by atoms with Gasteiger partial charge in [0.25, 0.3) is 0 Å². The Morgan fingerprint density at radius 2 is 2.00 bits per heavy atom. The van der Waals surface area contributed by atoms with E-state index >= 15 is 0 Å². The van der Waals surface area contributed by atoms with E-state index in [1.54, 1.807) is 0 Å². The molecule has 0 aliphatic carbocycles. The van der Waals surface area contributed by atoms with Crippen LogP contribution in [0.15, 0.2) is 28.9 Å². The van der Waals surface area contributed by atoms with Crippen LogP contribution in [0.3, 0.4) is 0 Å². The van der Waals surface area contributed by atoms with Gasteiger partial charge in [-0.1, -0.05) is 36.7 Å². The Bertz CT molecular complexity index is 609. The van der Waals surface area contributed by atoms with Crippen molar-refractivity contribution in [3.05, 3.63) is 45.7 Å². The van der Waals surface area contributed by atoms with Crippen molar-refractivity contribution in [1.29, 1.82) is 0 Å². The summed E-state index contributed by atoms with van der Waals surface area (Å²) in [5, 5.41) is 8.08. The molecule has 0 aliphatic heterocycles. The van der Waals surface area contributed by atoms with Gasteiger partial charge in [0, 0.05) is 40.9 Å². The second-order valence-corrected chi connectivity index (χ2v) is 7.10. The number of anilines is 1. The number of hydrogen-bond donors (Lipinski definition) is 1. The molecule has 0 spiro atoms. The lowest BCUT2D eigenvalue weighted by Gasteiger charge is -2.18. The van der Waals surface area contributed by atoms with Gasteiger partial charge >= 0.3 is 0 Å². The summed E-state index contributed by atoms with van der Waals surface area (Å²) in [5.74, 6) is 0. The van der Waals surface area contributed by atoms with Crippen molar-refractivity contribution in [3.8, 4) is 0 Å². The molecule has 0 atom stereocenters. The number of halogens is 1. The molecule has 1 N–H and O–H groups in total. The minimum atomic E-state index is 0.0634. The molecule has 2 aromatic rings. The highest BCUT2D eigenvalue weighted by molar-refractivity contribution is 9.10. The first-order chi connectivity index (χ1) is 9.27. The van der Waals surface area contributed by atoms with Crippen LogP contribution >= 0.6 is 15.9 Å². The van der Waals surface area contributed by atoms with Gasteiger partial charge in [0.2, 0.25) is 0 Å². The van der Waals surface area contributed by atoms with E-state index in [1.165, 1.54) is 11.1 Å². The molecule has 4 heteroatoms. The van der Waals surface area contributed by atoms with E-state index in [0.29, 0.717) is 0 Å². The lowest BCUT2D eigenvalue weighted by molar-refractivity contribution is 0.549. The molecular weight excluding hydrogens is 314 g/mol. The fourth-order valence-electron chi connectivity index (χ4n) is 2.25. The molecule has 0 aliphatic rings. The van der Waals surface area contributed by atoms with Gasteiger partial charge in [-0.05, 0) is 30.7 Å². The molecule has 1 aromatic heterocycles. The number of nitrogens with one attached hydrogen (secondary N) is 1. The van der Waals surface area contributed by atoms with Crippen LogP contribution in [0, 0.1) is 6.92 Å². The van der Waals surface area contributed by atoms with Crippen LogP contribution in [-0.4, -0.2) is 9.78 Å². The van der Waals surface area contributed by atoms with E-state index < -0.39 is 0 Å². The monoisotopic (exact) mass is 335 g/mol. The summed E-state index contributed by atoms with van der Waals surface area (Å²) < 4.78 is 3.03. The number of nitrogens with zero attached hydrogens (tertiary/aromatic N) is 2. The Kier molecular flexibility index (Phi) is 4.23. The molecule has 1 aromatic carbocycles. The highest BCUT2D eigenvalue weighted by atomic mass is 79.9. The number of benzene rings is 1. The van der Waals surface area contributed by atoms with Crippen molar-refractivity contribution >= 4 is 21.6 Å². The quantitative estimate of drug-likeness (QED) is 0.900. The standard InChI is InChI=1S/C16H22BrN3/c1-11-8-13(6-7-14(11)17)18-9-12-10-20(5)19-15(12)16(2,3)4/h6-8,10,18H,9H2,1-5H3. The van der Waals surface area contributed by atoms with E-state index in [0.717, 1.165) is 22.4 Å². The second kappa shape index (κ2) is 5.60. The molecule has 0 saturated heterocycles. The third-order valence-electron chi connectivity index (χ3n) is 3.26. The number of hydrogen-bond acceptors (Lipinski definition) is 2. The van der Waals surface area contributed by atoms with Crippen LogP contribution in [0.1, 0.15) is 37.6 Å². The van der Waals surface area contributed by atoms with Crippen LogP contribution in [-0.2, 0) is 19.0 Å². The van der Waals surface area contributed by atoms with Gasteiger partial charge < -0.3 is 5.32 Å². The lowest BCUT2D eigenvalue weighted by atomic mass is 9.89. The van der Waals surface area contributed by atoms with E-state index in [1.807, 2.05) is 11.7 Å². The maximum atomic E-state index is 4.60. The smallest absolute Gasteiger partial charge is 0.0727 e. The maximum Gasteiger partial charge on any atom is 0.0727 e. The van der Waals surface area contributed by atoms with Crippen LogP contribution < -0.4 is 5.32 Å². The summed E-state index contributed by atoms with van der Waals surface area (Å²) in [6.07, 6.45) is 2.10. The summed E-state index contributed by atoms with van der Waals surface area (Å²) in [7, 11) is 1.97. The van der Waals surface area contributed by atoms with Gasteiger partial charge in [0.1, 0.15) is 0 Å². The summed E-state index contributed by atoms with van der Waals surface area (Å²) in [5.41, 5.74) is 4.84. The number of rotatable bonds is 3. The molecule has 0 fully saturated rings. The lowest BCUT2D eigenvalue weighted by Crippen LogP contribution is -2.16. The second-order valence-electron chi connectivity index (χ2n) is 6.24. The first kappa shape index (κ1) is 15.1. The van der Waals surface area contributed by atoms with Crippen LogP contribution in [0.25, 0.3) is 0 Å². The fourth-order valence-corrected chi connectivity index (χ4v) is 2.50. The van der Waals surface area contributed by atoms with Gasteiger partial charge in [-0.15, -0.1) is 0 Å². The Morgan fingerprint density at radius 1 is 1.30 bits per heavy atom. The average Bonchev–Trinajstić information content (AvgIpc) is 2.72. The zero-order chi connectivity index (χ0) is 14.9. The molecule has 1 heterocycles. The molecule has 2 rings (SSSR count). The van der Waals surface area contributed by atoms with Crippen LogP contribution in [0.2, 0.25) is 0 Å². The topological polar surface area (TPSA) is 29.9 Å². The van der Waals surface area contributed by atoms with Crippen LogP contribution in [0.4, 0.5) is 5.69 Å². The fraction of sp³-hybridized carbons (Fsp3) is 0.438. The van der Waals surface area contributed by atoms with Gasteiger partial charge in [0.15, 0.2) is 0 Å². The van der Waals surface area contributed by atoms with Crippen molar-refractivity contribution in [1.82, 2.24) is 9.78 Å². The summed E-state index contributed by atoms with van der Waals surface area (Å²) >= 11 is 3.53. The number of aryl methyl sites for hydroxylation is 2. The summed E-state index contributed by atoms with van der Waals surface area (Å²) in [6, 6.07) is 6.31.